The number of nitrogen functional groups attached to an aromatic ring is 1. The van der Waals surface area contributed by atoms with Crippen LogP contribution in [0.1, 0.15) is 5.69 Å². The van der Waals surface area contributed by atoms with Gasteiger partial charge in [0, 0.05) is 6.07 Å². The molecule has 2 aromatic carbocycles. The third-order valence-electron chi connectivity index (χ3n) is 3.69. The Labute approximate surface area is 152 Å². The lowest BCUT2D eigenvalue weighted by atomic mass is 10.2. The number of hydrogen-bond acceptors (Lipinski definition) is 8. The van der Waals surface area contributed by atoms with E-state index >= 15 is 0 Å². The summed E-state index contributed by atoms with van der Waals surface area (Å²) < 4.78 is 1.48. The van der Waals surface area contributed by atoms with Crippen LogP contribution in [0.5, 0.6) is 0 Å². The molecule has 11 heteroatoms. The molecule has 0 saturated heterocycles. The highest BCUT2D eigenvalue weighted by Gasteiger charge is 2.20. The van der Waals surface area contributed by atoms with Gasteiger partial charge in [-0.2, -0.15) is 5.10 Å². The summed E-state index contributed by atoms with van der Waals surface area (Å²) in [7, 11) is 0. The molecule has 2 N–H and O–H groups in total. The van der Waals surface area contributed by atoms with Crippen molar-refractivity contribution in [3.8, 4) is 5.69 Å². The first-order valence-electron chi connectivity index (χ1n) is 7.63. The van der Waals surface area contributed by atoms with Gasteiger partial charge in [0.25, 0.3) is 5.69 Å². The van der Waals surface area contributed by atoms with Crippen LogP contribution in [0.15, 0.2) is 58.8 Å². The number of para-hydroxylation sites is 1. The van der Waals surface area contributed by atoms with Crippen molar-refractivity contribution in [1.82, 2.24) is 9.78 Å². The smallest absolute Gasteiger partial charge is 0.303 e. The van der Waals surface area contributed by atoms with Gasteiger partial charge in [-0.1, -0.05) is 18.2 Å². The Balaban J connectivity index is 2.01. The van der Waals surface area contributed by atoms with Crippen molar-refractivity contribution in [3.05, 3.63) is 74.5 Å². The number of hydrogen-bond donors (Lipinski definition) is 1. The molecular formula is C16H13N7O4. The average Bonchev–Trinajstić information content (AvgIpc) is 2.94. The molecule has 0 amide bonds. The molecule has 3 rings (SSSR count). The highest BCUT2D eigenvalue weighted by Crippen LogP contribution is 2.35. The standard InChI is InChI=1S/C16H13N7O4/c1-10-15(16(17)21(20-10)11-5-3-2-4-6-11)19-18-13-8-7-12(22(24)25)9-14(13)23(26)27/h2-9H,17H2,1H3. The minimum Gasteiger partial charge on any atom is -0.382 e. The predicted molar refractivity (Wildman–Crippen MR) is 96.6 cm³/mol. The average molecular weight is 367 g/mol. The second kappa shape index (κ2) is 7.00. The zero-order chi connectivity index (χ0) is 19.6. The van der Waals surface area contributed by atoms with Gasteiger partial charge in [-0.25, -0.2) is 4.68 Å². The molecule has 0 aliphatic carbocycles. The predicted octanol–water partition coefficient (Wildman–Crippen LogP) is 3.99. The maximum Gasteiger partial charge on any atom is 0.303 e. The third kappa shape index (κ3) is 3.46. The maximum atomic E-state index is 11.2. The second-order valence-corrected chi connectivity index (χ2v) is 5.45. The van der Waals surface area contributed by atoms with Crippen molar-refractivity contribution in [1.29, 1.82) is 0 Å². The van der Waals surface area contributed by atoms with Crippen molar-refractivity contribution < 1.29 is 9.85 Å². The SMILES string of the molecule is Cc1nn(-c2ccccc2)c(N)c1N=Nc1ccc([N+](=O)[O-])cc1[N+](=O)[O-]. The van der Waals surface area contributed by atoms with Crippen LogP contribution in [0, 0.1) is 27.2 Å². The zero-order valence-corrected chi connectivity index (χ0v) is 14.0. The maximum absolute atomic E-state index is 11.2. The fourth-order valence-corrected chi connectivity index (χ4v) is 2.39. The number of rotatable bonds is 5. The normalized spacial score (nSPS) is 11.0. The summed E-state index contributed by atoms with van der Waals surface area (Å²) in [6.45, 7) is 1.68. The van der Waals surface area contributed by atoms with Gasteiger partial charge in [0.1, 0.15) is 0 Å². The van der Waals surface area contributed by atoms with Crippen LogP contribution in [-0.4, -0.2) is 19.6 Å². The van der Waals surface area contributed by atoms with Crippen LogP contribution < -0.4 is 5.73 Å². The number of nitro groups is 2. The van der Waals surface area contributed by atoms with Crippen LogP contribution in [0.4, 0.5) is 28.6 Å². The van der Waals surface area contributed by atoms with Gasteiger partial charge < -0.3 is 5.73 Å². The molecule has 0 aliphatic heterocycles. The fourth-order valence-electron chi connectivity index (χ4n) is 2.39. The summed E-state index contributed by atoms with van der Waals surface area (Å²) in [4.78, 5) is 20.5. The van der Waals surface area contributed by atoms with Crippen molar-refractivity contribution in [2.75, 3.05) is 5.73 Å². The van der Waals surface area contributed by atoms with Crippen molar-refractivity contribution >= 4 is 28.6 Å². The van der Waals surface area contributed by atoms with Gasteiger partial charge in [0.05, 0.1) is 27.3 Å². The van der Waals surface area contributed by atoms with Crippen LogP contribution in [0.25, 0.3) is 5.69 Å². The number of nitro benzene ring substituents is 2. The van der Waals surface area contributed by atoms with E-state index in [1.165, 1.54) is 4.68 Å². The van der Waals surface area contributed by atoms with Gasteiger partial charge in [0.15, 0.2) is 17.2 Å². The monoisotopic (exact) mass is 367 g/mol. The zero-order valence-electron chi connectivity index (χ0n) is 14.0. The lowest BCUT2D eigenvalue weighted by molar-refractivity contribution is -0.393. The summed E-state index contributed by atoms with van der Waals surface area (Å²) >= 11 is 0. The Kier molecular flexibility index (Phi) is 4.58. The lowest BCUT2D eigenvalue weighted by Crippen LogP contribution is -2.01. The molecule has 0 fully saturated rings. The number of anilines is 1. The molecule has 11 nitrogen and oxygen atoms in total. The first kappa shape index (κ1) is 17.7. The van der Waals surface area contributed by atoms with E-state index in [0.717, 1.165) is 23.9 Å². The lowest BCUT2D eigenvalue weighted by Gasteiger charge is -2.02. The quantitative estimate of drug-likeness (QED) is 0.408. The largest absolute Gasteiger partial charge is 0.382 e. The van der Waals surface area contributed by atoms with Crippen molar-refractivity contribution in [2.45, 2.75) is 6.92 Å². The van der Waals surface area contributed by atoms with Gasteiger partial charge in [-0.3, -0.25) is 20.2 Å². The minimum atomic E-state index is -0.759. The van der Waals surface area contributed by atoms with Gasteiger partial charge in [-0.05, 0) is 25.1 Å². The molecule has 0 spiro atoms. The molecule has 27 heavy (non-hydrogen) atoms. The Morgan fingerprint density at radius 2 is 1.74 bits per heavy atom. The Morgan fingerprint density at radius 3 is 2.37 bits per heavy atom. The highest BCUT2D eigenvalue weighted by atomic mass is 16.6. The highest BCUT2D eigenvalue weighted by molar-refractivity contribution is 5.65. The number of aryl methyl sites for hydroxylation is 1. The number of nitrogens with two attached hydrogens (primary N) is 1. The van der Waals surface area contributed by atoms with Crippen molar-refractivity contribution in [3.63, 3.8) is 0 Å². The number of non-ortho nitro benzene ring substituents is 1. The summed E-state index contributed by atoms with van der Waals surface area (Å²) in [6, 6.07) is 12.2. The van der Waals surface area contributed by atoms with E-state index in [2.05, 4.69) is 15.3 Å². The molecule has 0 atom stereocenters. The number of azo groups is 1. The third-order valence-corrected chi connectivity index (χ3v) is 3.69. The summed E-state index contributed by atoms with van der Waals surface area (Å²) in [5, 5.41) is 34.1. The molecule has 0 unspecified atom stereocenters. The number of benzene rings is 2. The Hall–Kier alpha value is -4.15. The number of aromatic nitrogens is 2. The Bertz CT molecular complexity index is 1060. The molecule has 136 valence electrons. The molecule has 1 heterocycles. The molecule has 0 aliphatic rings. The van der Waals surface area contributed by atoms with E-state index in [-0.39, 0.29) is 17.2 Å². The first-order chi connectivity index (χ1) is 12.9. The Morgan fingerprint density at radius 1 is 1.04 bits per heavy atom. The van der Waals surface area contributed by atoms with Crippen LogP contribution in [0.2, 0.25) is 0 Å². The minimum absolute atomic E-state index is 0.128. The molecule has 3 aromatic rings. The van der Waals surface area contributed by atoms with Gasteiger partial charge in [0.2, 0.25) is 0 Å². The van der Waals surface area contributed by atoms with Crippen LogP contribution in [-0.2, 0) is 0 Å². The molecule has 0 saturated carbocycles. The van der Waals surface area contributed by atoms with Crippen LogP contribution in [0.3, 0.4) is 0 Å². The van der Waals surface area contributed by atoms with Crippen LogP contribution >= 0.6 is 0 Å². The molecular weight excluding hydrogens is 354 g/mol. The van der Waals surface area contributed by atoms with E-state index in [0.29, 0.717) is 5.69 Å². The summed E-state index contributed by atoms with van der Waals surface area (Å²) in [6.07, 6.45) is 0. The van der Waals surface area contributed by atoms with Crippen molar-refractivity contribution in [2.24, 2.45) is 10.2 Å². The van der Waals surface area contributed by atoms with E-state index in [4.69, 9.17) is 5.73 Å². The van der Waals surface area contributed by atoms with E-state index in [1.54, 1.807) is 6.92 Å². The van der Waals surface area contributed by atoms with Gasteiger partial charge in [-0.15, -0.1) is 10.2 Å². The van der Waals surface area contributed by atoms with Gasteiger partial charge >= 0.3 is 5.69 Å². The molecule has 0 radical (unpaired) electrons. The van der Waals surface area contributed by atoms with E-state index in [1.807, 2.05) is 30.3 Å². The molecule has 0 bridgehead atoms. The summed E-state index contributed by atoms with van der Waals surface area (Å²) in [5.41, 5.74) is 6.48. The van der Waals surface area contributed by atoms with E-state index in [9.17, 15) is 20.2 Å². The van der Waals surface area contributed by atoms with E-state index < -0.39 is 21.2 Å². The number of nitrogens with zero attached hydrogens (tertiary/aromatic N) is 6. The summed E-state index contributed by atoms with van der Waals surface area (Å²) in [5.74, 6) is 0.215. The first-order valence-corrected chi connectivity index (χ1v) is 7.63. The topological polar surface area (TPSA) is 155 Å². The molecule has 1 aromatic heterocycles. The second-order valence-electron chi connectivity index (χ2n) is 5.45. The fraction of sp³-hybridized carbons (Fsp3) is 0.0625.